The van der Waals surface area contributed by atoms with Gasteiger partial charge >= 0.3 is 0 Å². The fourth-order valence-electron chi connectivity index (χ4n) is 3.25. The van der Waals surface area contributed by atoms with Crippen LogP contribution in [0.25, 0.3) is 0 Å². The van der Waals surface area contributed by atoms with Crippen LogP contribution in [0.2, 0.25) is 5.02 Å². The largest absolute Gasteiger partial charge is 0.379 e. The van der Waals surface area contributed by atoms with Crippen LogP contribution >= 0.6 is 11.6 Å². The summed E-state index contributed by atoms with van der Waals surface area (Å²) in [6.07, 6.45) is 0. The average Bonchev–Trinajstić information content (AvgIpc) is 2.69. The third-order valence-electron chi connectivity index (χ3n) is 4.85. The van der Waals surface area contributed by atoms with E-state index in [-0.39, 0.29) is 17.5 Å². The van der Waals surface area contributed by atoms with Crippen molar-refractivity contribution < 1.29 is 13.2 Å². The Kier molecular flexibility index (Phi) is 6.95. The molecule has 1 aliphatic heterocycles. The molecule has 0 radical (unpaired) electrons. The molecular weight excluding hydrogens is 398 g/mol. The van der Waals surface area contributed by atoms with Gasteiger partial charge in [0.05, 0.1) is 18.1 Å². The molecule has 1 fully saturated rings. The maximum atomic E-state index is 12.7. The Morgan fingerprint density at radius 3 is 2.43 bits per heavy atom. The first-order valence-electron chi connectivity index (χ1n) is 9.21. The van der Waals surface area contributed by atoms with Gasteiger partial charge in [0, 0.05) is 50.5 Å². The van der Waals surface area contributed by atoms with Crippen molar-refractivity contribution >= 4 is 27.3 Å². The van der Waals surface area contributed by atoms with E-state index in [2.05, 4.69) is 21.8 Å². The van der Waals surface area contributed by atoms with Crippen molar-refractivity contribution in [2.45, 2.75) is 10.9 Å². The van der Waals surface area contributed by atoms with E-state index in [9.17, 15) is 8.42 Å². The van der Waals surface area contributed by atoms with Gasteiger partial charge in [-0.3, -0.25) is 4.90 Å². The molecule has 1 aliphatic rings. The molecule has 6 nitrogen and oxygen atoms in total. The molecule has 0 saturated carbocycles. The highest BCUT2D eigenvalue weighted by molar-refractivity contribution is 7.89. The fraction of sp³-hybridized carbons (Fsp3) is 0.400. The lowest BCUT2D eigenvalue weighted by Gasteiger charge is -2.35. The Hall–Kier alpha value is -1.64. The molecule has 1 saturated heterocycles. The number of morpholine rings is 1. The maximum Gasteiger partial charge on any atom is 0.240 e. The van der Waals surface area contributed by atoms with Gasteiger partial charge in [-0.25, -0.2) is 13.1 Å². The number of hydrogen-bond donors (Lipinski definition) is 1. The highest BCUT2D eigenvalue weighted by Crippen LogP contribution is 2.25. The second-order valence-corrected chi connectivity index (χ2v) is 9.16. The molecule has 2 aromatic rings. The van der Waals surface area contributed by atoms with E-state index >= 15 is 0 Å². The smallest absolute Gasteiger partial charge is 0.240 e. The molecule has 3 rings (SSSR count). The van der Waals surface area contributed by atoms with Gasteiger partial charge in [0.1, 0.15) is 0 Å². The van der Waals surface area contributed by atoms with Gasteiger partial charge < -0.3 is 9.64 Å². The van der Waals surface area contributed by atoms with E-state index in [1.54, 1.807) is 18.2 Å². The number of rotatable bonds is 7. The lowest BCUT2D eigenvalue weighted by molar-refractivity contribution is 0.0172. The molecule has 8 heteroatoms. The van der Waals surface area contributed by atoms with Crippen LogP contribution in [0.5, 0.6) is 0 Å². The van der Waals surface area contributed by atoms with Gasteiger partial charge in [-0.05, 0) is 35.9 Å². The number of benzene rings is 2. The van der Waals surface area contributed by atoms with Gasteiger partial charge in [-0.1, -0.05) is 29.8 Å². The first-order valence-corrected chi connectivity index (χ1v) is 11.1. The fourth-order valence-corrected chi connectivity index (χ4v) is 4.59. The maximum absolute atomic E-state index is 12.7. The van der Waals surface area contributed by atoms with Crippen molar-refractivity contribution in [1.29, 1.82) is 0 Å². The number of halogens is 1. The lowest BCUT2D eigenvalue weighted by Crippen LogP contribution is -2.43. The number of ether oxygens (including phenoxy) is 1. The van der Waals surface area contributed by atoms with Crippen molar-refractivity contribution in [1.82, 2.24) is 9.62 Å². The minimum absolute atomic E-state index is 0.0749. The second-order valence-electron chi connectivity index (χ2n) is 6.96. The van der Waals surface area contributed by atoms with Gasteiger partial charge in [-0.2, -0.15) is 0 Å². The summed E-state index contributed by atoms with van der Waals surface area (Å²) in [5.41, 5.74) is 2.17. The number of anilines is 1. The monoisotopic (exact) mass is 423 g/mol. The normalized spacial score (nSPS) is 16.7. The summed E-state index contributed by atoms with van der Waals surface area (Å²) in [5, 5.41) is 0.395. The van der Waals surface area contributed by atoms with Gasteiger partial charge in [0.15, 0.2) is 0 Å². The molecule has 0 unspecified atom stereocenters. The molecular formula is C20H26ClN3O3S. The summed E-state index contributed by atoms with van der Waals surface area (Å²) in [6.45, 7) is 3.09. The van der Waals surface area contributed by atoms with E-state index in [1.165, 1.54) is 6.07 Å². The zero-order chi connectivity index (χ0) is 20.1. The van der Waals surface area contributed by atoms with E-state index in [1.807, 2.05) is 31.1 Å². The van der Waals surface area contributed by atoms with Crippen molar-refractivity contribution in [3.05, 3.63) is 59.1 Å². The third-order valence-corrected chi connectivity index (χ3v) is 6.51. The highest BCUT2D eigenvalue weighted by atomic mass is 35.5. The van der Waals surface area contributed by atoms with Gasteiger partial charge in [0.2, 0.25) is 10.0 Å². The molecule has 152 valence electrons. The number of hydrogen-bond acceptors (Lipinski definition) is 5. The number of nitrogens with zero attached hydrogens (tertiary/aromatic N) is 2. The topological polar surface area (TPSA) is 61.9 Å². The standard InChI is InChI=1S/C20H26ClN3O3S/c1-23(2)18-8-6-16(7-9-18)20(24-10-12-27-13-11-24)15-22-28(25,26)19-5-3-4-17(21)14-19/h3-9,14,20,22H,10-13,15H2,1-2H3/t20-/m0/s1. The summed E-state index contributed by atoms with van der Waals surface area (Å²) in [6, 6.07) is 14.4. The van der Waals surface area contributed by atoms with Gasteiger partial charge in [0.25, 0.3) is 0 Å². The molecule has 1 N–H and O–H groups in total. The van der Waals surface area contributed by atoms with E-state index in [4.69, 9.17) is 16.3 Å². The SMILES string of the molecule is CN(C)c1ccc([C@H](CNS(=O)(=O)c2cccc(Cl)c2)N2CCOCC2)cc1. The Balaban J connectivity index is 1.81. The zero-order valence-electron chi connectivity index (χ0n) is 16.1. The van der Waals surface area contributed by atoms with Crippen LogP contribution < -0.4 is 9.62 Å². The Morgan fingerprint density at radius 2 is 1.82 bits per heavy atom. The Labute approximate surface area is 172 Å². The van der Waals surface area contributed by atoms with Crippen molar-refractivity contribution in [3.8, 4) is 0 Å². The van der Waals surface area contributed by atoms with E-state index in [0.29, 0.717) is 18.2 Å². The van der Waals surface area contributed by atoms with Crippen molar-refractivity contribution in [2.24, 2.45) is 0 Å². The molecule has 2 aromatic carbocycles. The summed E-state index contributed by atoms with van der Waals surface area (Å²) < 4.78 is 33.7. The van der Waals surface area contributed by atoms with Crippen molar-refractivity contribution in [3.63, 3.8) is 0 Å². The first-order chi connectivity index (χ1) is 13.4. The molecule has 0 spiro atoms. The Bertz CT molecular complexity index is 882. The molecule has 1 atom stereocenters. The van der Waals surface area contributed by atoms with Crippen LogP contribution in [-0.2, 0) is 14.8 Å². The number of sulfonamides is 1. The average molecular weight is 424 g/mol. The molecule has 0 bridgehead atoms. The second kappa shape index (κ2) is 9.24. The first kappa shape index (κ1) is 21.1. The third kappa shape index (κ3) is 5.24. The lowest BCUT2D eigenvalue weighted by atomic mass is 10.0. The van der Waals surface area contributed by atoms with Crippen LogP contribution in [0.1, 0.15) is 11.6 Å². The van der Waals surface area contributed by atoms with Crippen LogP contribution in [-0.4, -0.2) is 60.3 Å². The van der Waals surface area contributed by atoms with Crippen molar-refractivity contribution in [2.75, 3.05) is 51.8 Å². The van der Waals surface area contributed by atoms with Crippen LogP contribution in [0.3, 0.4) is 0 Å². The predicted octanol–water partition coefficient (Wildman–Crippen LogP) is 2.76. The van der Waals surface area contributed by atoms with E-state index in [0.717, 1.165) is 24.3 Å². The minimum atomic E-state index is -3.65. The summed E-state index contributed by atoms with van der Waals surface area (Å²) >= 11 is 5.95. The Morgan fingerprint density at radius 1 is 1.14 bits per heavy atom. The van der Waals surface area contributed by atoms with Crippen LogP contribution in [0.15, 0.2) is 53.4 Å². The quantitative estimate of drug-likeness (QED) is 0.742. The van der Waals surface area contributed by atoms with Gasteiger partial charge in [-0.15, -0.1) is 0 Å². The summed E-state index contributed by atoms with van der Waals surface area (Å²) in [5.74, 6) is 0. The van der Waals surface area contributed by atoms with Crippen LogP contribution in [0, 0.1) is 0 Å². The van der Waals surface area contributed by atoms with Crippen LogP contribution in [0.4, 0.5) is 5.69 Å². The molecule has 0 amide bonds. The van der Waals surface area contributed by atoms with E-state index < -0.39 is 10.0 Å². The summed E-state index contributed by atoms with van der Waals surface area (Å²) in [7, 11) is 0.341. The summed E-state index contributed by atoms with van der Waals surface area (Å²) in [4.78, 5) is 4.47. The predicted molar refractivity (Wildman–Crippen MR) is 113 cm³/mol. The minimum Gasteiger partial charge on any atom is -0.379 e. The molecule has 0 aromatic heterocycles. The highest BCUT2D eigenvalue weighted by Gasteiger charge is 2.25. The molecule has 0 aliphatic carbocycles. The molecule has 1 heterocycles. The number of nitrogens with one attached hydrogen (secondary N) is 1. The zero-order valence-corrected chi connectivity index (χ0v) is 17.7. The molecule has 28 heavy (non-hydrogen) atoms.